The number of ether oxygens (including phenoxy) is 1. The molecule has 2 unspecified atom stereocenters. The van der Waals surface area contributed by atoms with Gasteiger partial charge in [-0.2, -0.15) is 0 Å². The predicted octanol–water partition coefficient (Wildman–Crippen LogP) is 3.77. The minimum absolute atomic E-state index is 0.402. The molecule has 0 radical (unpaired) electrons. The summed E-state index contributed by atoms with van der Waals surface area (Å²) < 4.78 is 5.49. The highest BCUT2D eigenvalue weighted by Gasteiger charge is 2.18. The largest absolute Gasteiger partial charge is 0.494 e. The van der Waals surface area contributed by atoms with Gasteiger partial charge in [0.05, 0.1) is 12.6 Å². The van der Waals surface area contributed by atoms with Gasteiger partial charge in [-0.3, -0.25) is 4.99 Å². The van der Waals surface area contributed by atoms with E-state index in [0.29, 0.717) is 17.9 Å². The molecule has 0 spiro atoms. The maximum atomic E-state index is 5.49. The van der Waals surface area contributed by atoms with Gasteiger partial charge in [-0.1, -0.05) is 24.8 Å². The Kier molecular flexibility index (Phi) is 4.53. The van der Waals surface area contributed by atoms with Crippen LogP contribution >= 0.6 is 11.8 Å². The molecule has 1 aliphatic heterocycles. The van der Waals surface area contributed by atoms with Crippen molar-refractivity contribution in [3.05, 3.63) is 24.3 Å². The molecule has 0 aromatic heterocycles. The lowest BCUT2D eigenvalue weighted by molar-refractivity contribution is 0.340. The molecule has 98 valence electrons. The lowest BCUT2D eigenvalue weighted by atomic mass is 10.2. The third kappa shape index (κ3) is 3.67. The van der Waals surface area contributed by atoms with Gasteiger partial charge in [-0.15, -0.1) is 0 Å². The molecule has 0 bridgehead atoms. The van der Waals surface area contributed by atoms with Gasteiger partial charge >= 0.3 is 0 Å². The maximum Gasteiger partial charge on any atom is 0.161 e. The number of rotatable bonds is 3. The first-order valence-electron chi connectivity index (χ1n) is 6.41. The molecular weight excluding hydrogens is 244 g/mol. The summed E-state index contributed by atoms with van der Waals surface area (Å²) in [7, 11) is 0. The van der Waals surface area contributed by atoms with Crippen molar-refractivity contribution in [1.29, 1.82) is 0 Å². The Morgan fingerprint density at radius 3 is 3.00 bits per heavy atom. The Balaban J connectivity index is 2.06. The predicted molar refractivity (Wildman–Crippen MR) is 79.8 cm³/mol. The van der Waals surface area contributed by atoms with Crippen LogP contribution in [0.4, 0.5) is 5.69 Å². The lowest BCUT2D eigenvalue weighted by Gasteiger charge is -2.23. The van der Waals surface area contributed by atoms with E-state index < -0.39 is 0 Å². The summed E-state index contributed by atoms with van der Waals surface area (Å²) in [6.07, 6.45) is 1.15. The quantitative estimate of drug-likeness (QED) is 0.902. The molecule has 3 nitrogen and oxygen atoms in total. The first-order valence-corrected chi connectivity index (χ1v) is 7.29. The smallest absolute Gasteiger partial charge is 0.161 e. The van der Waals surface area contributed by atoms with Gasteiger partial charge in [0.1, 0.15) is 5.75 Å². The Morgan fingerprint density at radius 2 is 2.28 bits per heavy atom. The number of hydrogen-bond acceptors (Lipinski definition) is 4. The lowest BCUT2D eigenvalue weighted by Crippen LogP contribution is -2.22. The van der Waals surface area contributed by atoms with Crippen LogP contribution in [0.3, 0.4) is 0 Å². The molecule has 2 atom stereocenters. The van der Waals surface area contributed by atoms with Crippen molar-refractivity contribution in [3.63, 3.8) is 0 Å². The molecule has 0 saturated carbocycles. The van der Waals surface area contributed by atoms with E-state index in [1.54, 1.807) is 11.8 Å². The number of aliphatic imine (C=N–C) groups is 1. The van der Waals surface area contributed by atoms with E-state index in [1.165, 1.54) is 0 Å². The second-order valence-corrected chi connectivity index (χ2v) is 5.96. The molecule has 4 heteroatoms. The Labute approximate surface area is 113 Å². The van der Waals surface area contributed by atoms with Crippen molar-refractivity contribution in [2.45, 2.75) is 38.5 Å². The fourth-order valence-corrected chi connectivity index (χ4v) is 3.19. The first kappa shape index (κ1) is 13.3. The second kappa shape index (κ2) is 6.14. The number of anilines is 1. The van der Waals surface area contributed by atoms with Gasteiger partial charge < -0.3 is 10.1 Å². The summed E-state index contributed by atoms with van der Waals surface area (Å²) in [5.74, 6) is 0.894. The van der Waals surface area contributed by atoms with Crippen LogP contribution in [0.25, 0.3) is 0 Å². The fourth-order valence-electron chi connectivity index (χ4n) is 2.02. The summed E-state index contributed by atoms with van der Waals surface area (Å²) in [6.45, 7) is 7.08. The highest BCUT2D eigenvalue weighted by atomic mass is 32.2. The van der Waals surface area contributed by atoms with Crippen molar-refractivity contribution >= 4 is 22.6 Å². The summed E-state index contributed by atoms with van der Waals surface area (Å²) in [5, 5.41) is 5.00. The third-order valence-electron chi connectivity index (χ3n) is 2.72. The van der Waals surface area contributed by atoms with Crippen LogP contribution in [-0.4, -0.2) is 23.1 Å². The molecule has 0 aliphatic carbocycles. The summed E-state index contributed by atoms with van der Waals surface area (Å²) >= 11 is 1.80. The molecule has 0 fully saturated rings. The van der Waals surface area contributed by atoms with Crippen LogP contribution in [0.5, 0.6) is 5.75 Å². The van der Waals surface area contributed by atoms with E-state index in [9.17, 15) is 0 Å². The van der Waals surface area contributed by atoms with E-state index in [1.807, 2.05) is 31.2 Å². The van der Waals surface area contributed by atoms with Gasteiger partial charge in [-0.25, -0.2) is 0 Å². The molecule has 1 N–H and O–H groups in total. The fraction of sp³-hybridized carbons (Fsp3) is 0.500. The topological polar surface area (TPSA) is 33.6 Å². The zero-order valence-corrected chi connectivity index (χ0v) is 12.0. The van der Waals surface area contributed by atoms with Gasteiger partial charge in [0.2, 0.25) is 0 Å². The van der Waals surface area contributed by atoms with Crippen molar-refractivity contribution in [1.82, 2.24) is 0 Å². The van der Waals surface area contributed by atoms with Crippen LogP contribution in [0, 0.1) is 0 Å². The standard InChI is InChI=1S/C14H20N2OS/c1-4-17-13-7-5-6-12(9-13)16-14-15-10(2)8-11(3)18-14/h5-7,9-11H,4,8H2,1-3H3,(H,15,16). The van der Waals surface area contributed by atoms with Crippen molar-refractivity contribution in [2.24, 2.45) is 4.99 Å². The zero-order chi connectivity index (χ0) is 13.0. The molecule has 1 heterocycles. The first-order chi connectivity index (χ1) is 8.67. The van der Waals surface area contributed by atoms with Crippen LogP contribution in [0.2, 0.25) is 0 Å². The van der Waals surface area contributed by atoms with Crippen LogP contribution in [-0.2, 0) is 0 Å². The van der Waals surface area contributed by atoms with Gasteiger partial charge in [-0.05, 0) is 32.4 Å². The van der Waals surface area contributed by atoms with E-state index in [4.69, 9.17) is 4.74 Å². The molecular formula is C14H20N2OS. The summed E-state index contributed by atoms with van der Waals surface area (Å²) in [6, 6.07) is 8.41. The van der Waals surface area contributed by atoms with Crippen LogP contribution in [0.15, 0.2) is 29.3 Å². The van der Waals surface area contributed by atoms with E-state index in [-0.39, 0.29) is 0 Å². The number of hydrogen-bond donors (Lipinski definition) is 1. The zero-order valence-electron chi connectivity index (χ0n) is 11.1. The highest BCUT2D eigenvalue weighted by molar-refractivity contribution is 8.14. The SMILES string of the molecule is CCOc1cccc(NC2=NC(C)CC(C)S2)c1. The van der Waals surface area contributed by atoms with Crippen LogP contribution < -0.4 is 10.1 Å². The monoisotopic (exact) mass is 264 g/mol. The Bertz CT molecular complexity index is 434. The minimum atomic E-state index is 0.402. The number of benzene rings is 1. The molecule has 1 aromatic carbocycles. The van der Waals surface area contributed by atoms with Crippen LogP contribution in [0.1, 0.15) is 27.2 Å². The number of thioether (sulfide) groups is 1. The average Bonchev–Trinajstić information content (AvgIpc) is 2.28. The Hall–Kier alpha value is -1.16. The average molecular weight is 264 g/mol. The van der Waals surface area contributed by atoms with E-state index >= 15 is 0 Å². The molecule has 18 heavy (non-hydrogen) atoms. The van der Waals surface area contributed by atoms with Crippen molar-refractivity contribution in [2.75, 3.05) is 11.9 Å². The number of nitrogens with zero attached hydrogens (tertiary/aromatic N) is 1. The highest BCUT2D eigenvalue weighted by Crippen LogP contribution is 2.27. The second-order valence-electron chi connectivity index (χ2n) is 4.53. The maximum absolute atomic E-state index is 5.49. The van der Waals surface area contributed by atoms with Gasteiger partial charge in [0.15, 0.2) is 5.17 Å². The van der Waals surface area contributed by atoms with E-state index in [0.717, 1.165) is 23.0 Å². The molecule has 0 amide bonds. The van der Waals surface area contributed by atoms with E-state index in [2.05, 4.69) is 24.2 Å². The van der Waals surface area contributed by atoms with Gasteiger partial charge in [0, 0.05) is 17.0 Å². The molecule has 2 rings (SSSR count). The summed E-state index contributed by atoms with van der Waals surface area (Å²) in [4.78, 5) is 4.63. The Morgan fingerprint density at radius 1 is 1.44 bits per heavy atom. The third-order valence-corrected chi connectivity index (χ3v) is 3.75. The van der Waals surface area contributed by atoms with Gasteiger partial charge in [0.25, 0.3) is 0 Å². The van der Waals surface area contributed by atoms with Crippen molar-refractivity contribution < 1.29 is 4.74 Å². The normalized spacial score (nSPS) is 23.4. The van der Waals surface area contributed by atoms with Crippen molar-refractivity contribution in [3.8, 4) is 5.75 Å². The molecule has 1 aromatic rings. The molecule has 1 aliphatic rings. The number of nitrogens with one attached hydrogen (secondary N) is 1. The summed E-state index contributed by atoms with van der Waals surface area (Å²) in [5.41, 5.74) is 1.04. The molecule has 0 saturated heterocycles. The minimum Gasteiger partial charge on any atom is -0.494 e. The number of amidine groups is 1.